The zero-order valence-electron chi connectivity index (χ0n) is 12.8. The minimum atomic E-state index is -4.85. The molecule has 0 atom stereocenters. The molecule has 2 aromatic carbocycles. The Bertz CT molecular complexity index is 736. The Balaban J connectivity index is 1.87. The fourth-order valence-corrected chi connectivity index (χ4v) is 1.86. The molecule has 0 aliphatic carbocycles. The molecule has 3 N–H and O–H groups in total. The molecule has 2 rings (SSSR count). The molecule has 132 valence electrons. The second-order valence-corrected chi connectivity index (χ2v) is 4.77. The number of ether oxygens (including phenoxy) is 1. The van der Waals surface area contributed by atoms with Gasteiger partial charge in [-0.15, -0.1) is 13.2 Å². The first kappa shape index (κ1) is 18.1. The molecule has 0 saturated carbocycles. The fourth-order valence-electron chi connectivity index (χ4n) is 1.86. The monoisotopic (exact) mass is 353 g/mol. The van der Waals surface area contributed by atoms with Gasteiger partial charge in [0.2, 0.25) is 5.91 Å². The number of amides is 3. The van der Waals surface area contributed by atoms with Crippen molar-refractivity contribution in [1.82, 2.24) is 5.32 Å². The van der Waals surface area contributed by atoms with Crippen molar-refractivity contribution in [2.45, 2.75) is 6.36 Å². The Kier molecular flexibility index (Phi) is 5.83. The molecule has 9 heteroatoms. The van der Waals surface area contributed by atoms with Gasteiger partial charge in [0.1, 0.15) is 0 Å². The number of halogens is 3. The van der Waals surface area contributed by atoms with Crippen LogP contribution in [0.1, 0.15) is 0 Å². The van der Waals surface area contributed by atoms with Crippen molar-refractivity contribution in [1.29, 1.82) is 0 Å². The lowest BCUT2D eigenvalue weighted by molar-refractivity contribution is -0.274. The molecule has 0 aliphatic heterocycles. The zero-order chi connectivity index (χ0) is 18.3. The van der Waals surface area contributed by atoms with Crippen molar-refractivity contribution in [2.75, 3.05) is 17.2 Å². The molecule has 25 heavy (non-hydrogen) atoms. The first-order valence-corrected chi connectivity index (χ1v) is 7.08. The number of hydrogen-bond donors (Lipinski definition) is 3. The molecule has 0 unspecified atom stereocenters. The van der Waals surface area contributed by atoms with Gasteiger partial charge in [0.25, 0.3) is 0 Å². The van der Waals surface area contributed by atoms with Crippen molar-refractivity contribution in [3.05, 3.63) is 54.6 Å². The highest BCUT2D eigenvalue weighted by Crippen LogP contribution is 2.29. The van der Waals surface area contributed by atoms with E-state index in [0.29, 0.717) is 5.69 Å². The van der Waals surface area contributed by atoms with Gasteiger partial charge in [-0.3, -0.25) is 10.1 Å². The van der Waals surface area contributed by atoms with Gasteiger partial charge in [0.05, 0.1) is 12.2 Å². The van der Waals surface area contributed by atoms with Crippen LogP contribution in [-0.2, 0) is 4.79 Å². The maximum Gasteiger partial charge on any atom is 0.573 e. The molecule has 0 aliphatic rings. The SMILES string of the molecule is O=C(CNc1ccccc1OC(F)(F)F)NC(=O)Nc1ccccc1. The fraction of sp³-hybridized carbons (Fsp3) is 0.125. The van der Waals surface area contributed by atoms with E-state index in [2.05, 4.69) is 20.7 Å². The second kappa shape index (κ2) is 8.04. The number of carbonyl (C=O) groups is 2. The minimum Gasteiger partial charge on any atom is -0.404 e. The smallest absolute Gasteiger partial charge is 0.404 e. The lowest BCUT2D eigenvalue weighted by Gasteiger charge is -2.14. The third-order valence-electron chi connectivity index (χ3n) is 2.84. The number of rotatable bonds is 5. The summed E-state index contributed by atoms with van der Waals surface area (Å²) in [6.45, 7) is -0.416. The molecule has 0 aromatic heterocycles. The lowest BCUT2D eigenvalue weighted by Crippen LogP contribution is -2.38. The predicted molar refractivity (Wildman–Crippen MR) is 85.2 cm³/mol. The molecular weight excluding hydrogens is 339 g/mol. The van der Waals surface area contributed by atoms with Crippen LogP contribution in [0, 0.1) is 0 Å². The number of alkyl halides is 3. The lowest BCUT2D eigenvalue weighted by atomic mass is 10.3. The maximum atomic E-state index is 12.3. The van der Waals surface area contributed by atoms with E-state index in [1.165, 1.54) is 18.2 Å². The third-order valence-corrected chi connectivity index (χ3v) is 2.84. The van der Waals surface area contributed by atoms with Crippen molar-refractivity contribution < 1.29 is 27.5 Å². The van der Waals surface area contributed by atoms with Crippen LogP contribution in [0.25, 0.3) is 0 Å². The van der Waals surface area contributed by atoms with E-state index in [0.717, 1.165) is 6.07 Å². The molecule has 2 aromatic rings. The van der Waals surface area contributed by atoms with Gasteiger partial charge in [-0.2, -0.15) is 0 Å². The second-order valence-electron chi connectivity index (χ2n) is 4.77. The summed E-state index contributed by atoms with van der Waals surface area (Å²) in [6, 6.07) is 12.9. The number of hydrogen-bond acceptors (Lipinski definition) is 4. The Labute approximate surface area is 141 Å². The summed E-state index contributed by atoms with van der Waals surface area (Å²) in [5.41, 5.74) is 0.461. The summed E-state index contributed by atoms with van der Waals surface area (Å²) in [4.78, 5) is 23.4. The molecular formula is C16H14F3N3O3. The van der Waals surface area contributed by atoms with Gasteiger partial charge >= 0.3 is 12.4 Å². The van der Waals surface area contributed by atoms with Gasteiger partial charge in [-0.1, -0.05) is 30.3 Å². The number of para-hydroxylation sites is 3. The molecule has 3 amide bonds. The normalized spacial score (nSPS) is 10.7. The first-order valence-electron chi connectivity index (χ1n) is 7.08. The van der Waals surface area contributed by atoms with Crippen LogP contribution in [0.5, 0.6) is 5.75 Å². The summed E-state index contributed by atoms with van der Waals surface area (Å²) in [5.74, 6) is -1.20. The van der Waals surface area contributed by atoms with Gasteiger partial charge in [-0.25, -0.2) is 4.79 Å². The van der Waals surface area contributed by atoms with Gasteiger partial charge in [0, 0.05) is 5.69 Å². The average Bonchev–Trinajstić information content (AvgIpc) is 2.53. The summed E-state index contributed by atoms with van der Waals surface area (Å²) in [7, 11) is 0. The van der Waals surface area contributed by atoms with E-state index in [-0.39, 0.29) is 5.69 Å². The van der Waals surface area contributed by atoms with Crippen LogP contribution >= 0.6 is 0 Å². The molecule has 0 saturated heterocycles. The molecule has 0 fully saturated rings. The largest absolute Gasteiger partial charge is 0.573 e. The van der Waals surface area contributed by atoms with E-state index in [9.17, 15) is 22.8 Å². The van der Waals surface area contributed by atoms with Crippen LogP contribution in [0.3, 0.4) is 0 Å². The minimum absolute atomic E-state index is 0.0292. The number of carbonyl (C=O) groups excluding carboxylic acids is 2. The highest BCUT2D eigenvalue weighted by atomic mass is 19.4. The van der Waals surface area contributed by atoms with E-state index in [4.69, 9.17) is 0 Å². The van der Waals surface area contributed by atoms with E-state index in [1.54, 1.807) is 30.3 Å². The number of urea groups is 1. The molecule has 0 spiro atoms. The van der Waals surface area contributed by atoms with Crippen LogP contribution in [0.15, 0.2) is 54.6 Å². The summed E-state index contributed by atoms with van der Waals surface area (Å²) in [6.07, 6.45) is -4.85. The maximum absolute atomic E-state index is 12.3. The van der Waals surface area contributed by atoms with Crippen molar-refractivity contribution in [3.63, 3.8) is 0 Å². The van der Waals surface area contributed by atoms with Crippen molar-refractivity contribution in [3.8, 4) is 5.75 Å². The van der Waals surface area contributed by atoms with Crippen molar-refractivity contribution >= 4 is 23.3 Å². The van der Waals surface area contributed by atoms with Crippen LogP contribution in [0.2, 0.25) is 0 Å². The van der Waals surface area contributed by atoms with E-state index < -0.39 is 30.6 Å². The number of nitrogens with one attached hydrogen (secondary N) is 3. The standard InChI is InChI=1S/C16H14F3N3O3/c17-16(18,19)25-13-9-5-4-8-12(13)20-10-14(23)22-15(24)21-11-6-2-1-3-7-11/h1-9,20H,10H2,(H2,21,22,23,24). The van der Waals surface area contributed by atoms with Crippen LogP contribution in [0.4, 0.5) is 29.3 Å². The average molecular weight is 353 g/mol. The number of benzene rings is 2. The summed E-state index contributed by atoms with van der Waals surface area (Å²) in [5, 5.41) is 6.98. The predicted octanol–water partition coefficient (Wildman–Crippen LogP) is 3.35. The Morgan fingerprint density at radius 1 is 0.960 bits per heavy atom. The first-order chi connectivity index (χ1) is 11.8. The quantitative estimate of drug-likeness (QED) is 0.770. The van der Waals surface area contributed by atoms with E-state index >= 15 is 0 Å². The topological polar surface area (TPSA) is 79.5 Å². The summed E-state index contributed by atoms with van der Waals surface area (Å²) < 4.78 is 40.8. The molecule has 6 nitrogen and oxygen atoms in total. The molecule has 0 radical (unpaired) electrons. The van der Waals surface area contributed by atoms with Gasteiger partial charge in [0.15, 0.2) is 5.75 Å². The van der Waals surface area contributed by atoms with Crippen LogP contribution < -0.4 is 20.7 Å². The number of imide groups is 1. The Morgan fingerprint density at radius 2 is 1.60 bits per heavy atom. The highest BCUT2D eigenvalue weighted by Gasteiger charge is 2.32. The van der Waals surface area contributed by atoms with Crippen LogP contribution in [-0.4, -0.2) is 24.8 Å². The Morgan fingerprint density at radius 3 is 2.28 bits per heavy atom. The van der Waals surface area contributed by atoms with Gasteiger partial charge < -0.3 is 15.4 Å². The molecule has 0 bridgehead atoms. The Hall–Kier alpha value is -3.23. The third kappa shape index (κ3) is 6.42. The zero-order valence-corrected chi connectivity index (χ0v) is 12.8. The summed E-state index contributed by atoms with van der Waals surface area (Å²) >= 11 is 0. The highest BCUT2D eigenvalue weighted by molar-refractivity contribution is 6.02. The molecule has 0 heterocycles. The van der Waals surface area contributed by atoms with Crippen molar-refractivity contribution in [2.24, 2.45) is 0 Å². The van der Waals surface area contributed by atoms with Gasteiger partial charge in [-0.05, 0) is 24.3 Å². The van der Waals surface area contributed by atoms with E-state index in [1.807, 2.05) is 0 Å². The number of anilines is 2.